The second-order valence-electron chi connectivity index (χ2n) is 7.32. The summed E-state index contributed by atoms with van der Waals surface area (Å²) in [6.45, 7) is 7.69. The monoisotopic (exact) mass is 373 g/mol. The van der Waals surface area contributed by atoms with E-state index in [0.29, 0.717) is 12.1 Å². The molecule has 144 valence electrons. The van der Waals surface area contributed by atoms with E-state index >= 15 is 0 Å². The van der Waals surface area contributed by atoms with Crippen molar-refractivity contribution in [3.8, 4) is 0 Å². The Kier molecular flexibility index (Phi) is 5.20. The van der Waals surface area contributed by atoms with Crippen LogP contribution < -0.4 is 9.80 Å². The van der Waals surface area contributed by atoms with Gasteiger partial charge in [0.15, 0.2) is 0 Å². The number of aryl methyl sites for hydroxylation is 1. The Bertz CT molecular complexity index is 799. The van der Waals surface area contributed by atoms with Crippen LogP contribution in [0.4, 0.5) is 20.4 Å². The molecular weight excluding hydrogens is 348 g/mol. The lowest BCUT2D eigenvalue weighted by Gasteiger charge is -2.35. The number of hydrogen-bond acceptors (Lipinski definition) is 5. The zero-order valence-electron chi connectivity index (χ0n) is 15.7. The van der Waals surface area contributed by atoms with Gasteiger partial charge in [0.25, 0.3) is 0 Å². The molecule has 27 heavy (non-hydrogen) atoms. The van der Waals surface area contributed by atoms with E-state index in [9.17, 15) is 8.78 Å². The first kappa shape index (κ1) is 18.1. The van der Waals surface area contributed by atoms with Crippen molar-refractivity contribution in [2.75, 3.05) is 49.1 Å². The van der Waals surface area contributed by atoms with Gasteiger partial charge in [-0.2, -0.15) is 0 Å². The molecule has 0 atom stereocenters. The third kappa shape index (κ3) is 4.18. The van der Waals surface area contributed by atoms with Crippen LogP contribution in [0, 0.1) is 18.6 Å². The van der Waals surface area contributed by atoms with Crippen LogP contribution in [0.2, 0.25) is 0 Å². The van der Waals surface area contributed by atoms with Crippen LogP contribution in [0.1, 0.15) is 24.2 Å². The Morgan fingerprint density at radius 3 is 2.15 bits per heavy atom. The summed E-state index contributed by atoms with van der Waals surface area (Å²) in [5.74, 6) is 2.02. The number of aromatic nitrogens is 2. The van der Waals surface area contributed by atoms with E-state index in [-0.39, 0.29) is 5.82 Å². The maximum Gasteiger partial charge on any atom is 0.134 e. The topological polar surface area (TPSA) is 35.5 Å². The van der Waals surface area contributed by atoms with E-state index in [1.807, 2.05) is 6.92 Å². The number of rotatable bonds is 4. The maximum atomic E-state index is 13.9. The highest BCUT2D eigenvalue weighted by atomic mass is 19.1. The highest BCUT2D eigenvalue weighted by Gasteiger charge is 2.22. The van der Waals surface area contributed by atoms with Gasteiger partial charge in [0.1, 0.15) is 29.1 Å². The predicted molar refractivity (Wildman–Crippen MR) is 102 cm³/mol. The van der Waals surface area contributed by atoms with Gasteiger partial charge in [0.05, 0.1) is 0 Å². The second-order valence-corrected chi connectivity index (χ2v) is 7.32. The second kappa shape index (κ2) is 7.76. The minimum Gasteiger partial charge on any atom is -0.356 e. The zero-order valence-corrected chi connectivity index (χ0v) is 15.7. The fraction of sp³-hybridized carbons (Fsp3) is 0.500. The van der Waals surface area contributed by atoms with Crippen molar-refractivity contribution in [3.05, 3.63) is 47.3 Å². The van der Waals surface area contributed by atoms with Crippen molar-refractivity contribution < 1.29 is 8.78 Å². The quantitative estimate of drug-likeness (QED) is 0.823. The third-order valence-corrected chi connectivity index (χ3v) is 5.34. The van der Waals surface area contributed by atoms with Gasteiger partial charge in [-0.05, 0) is 38.0 Å². The molecule has 7 heteroatoms. The van der Waals surface area contributed by atoms with Crippen LogP contribution >= 0.6 is 0 Å². The Hall–Kier alpha value is -2.28. The number of nitrogens with zero attached hydrogens (tertiary/aromatic N) is 5. The van der Waals surface area contributed by atoms with Crippen LogP contribution in [-0.2, 0) is 6.54 Å². The highest BCUT2D eigenvalue weighted by Crippen LogP contribution is 2.24. The fourth-order valence-electron chi connectivity index (χ4n) is 3.85. The molecule has 0 bridgehead atoms. The van der Waals surface area contributed by atoms with Crippen LogP contribution in [0.3, 0.4) is 0 Å². The summed E-state index contributed by atoms with van der Waals surface area (Å²) in [6.07, 6.45) is 2.43. The first-order valence-electron chi connectivity index (χ1n) is 9.60. The normalized spacial score (nSPS) is 18.3. The molecule has 0 saturated carbocycles. The first-order valence-corrected chi connectivity index (χ1v) is 9.60. The summed E-state index contributed by atoms with van der Waals surface area (Å²) in [6, 6.07) is 5.73. The fourth-order valence-corrected chi connectivity index (χ4v) is 3.85. The molecule has 1 aromatic carbocycles. The lowest BCUT2D eigenvalue weighted by Crippen LogP contribution is -2.46. The molecule has 0 aliphatic carbocycles. The molecule has 2 aliphatic rings. The summed E-state index contributed by atoms with van der Waals surface area (Å²) >= 11 is 0. The number of piperazine rings is 1. The SMILES string of the molecule is Cc1nc(N2CCCC2)cc(N2CCN(Cc3cc(F)ccc3F)CC2)n1. The molecule has 0 amide bonds. The van der Waals surface area contributed by atoms with E-state index in [1.165, 1.54) is 25.0 Å². The van der Waals surface area contributed by atoms with Gasteiger partial charge in [0.2, 0.25) is 0 Å². The maximum absolute atomic E-state index is 13.9. The van der Waals surface area contributed by atoms with Gasteiger partial charge < -0.3 is 9.80 Å². The number of anilines is 2. The van der Waals surface area contributed by atoms with E-state index in [0.717, 1.165) is 62.8 Å². The summed E-state index contributed by atoms with van der Waals surface area (Å²) in [4.78, 5) is 16.0. The Labute approximate surface area is 158 Å². The lowest BCUT2D eigenvalue weighted by atomic mass is 10.1. The molecule has 3 heterocycles. The van der Waals surface area contributed by atoms with Crippen molar-refractivity contribution in [2.24, 2.45) is 0 Å². The van der Waals surface area contributed by atoms with Gasteiger partial charge in [-0.25, -0.2) is 18.7 Å². The molecule has 0 radical (unpaired) electrons. The van der Waals surface area contributed by atoms with E-state index in [2.05, 4.69) is 30.7 Å². The van der Waals surface area contributed by atoms with E-state index < -0.39 is 5.82 Å². The average Bonchev–Trinajstić information content (AvgIpc) is 3.20. The smallest absolute Gasteiger partial charge is 0.134 e. The summed E-state index contributed by atoms with van der Waals surface area (Å²) in [5.41, 5.74) is 0.414. The molecule has 5 nitrogen and oxygen atoms in total. The number of hydrogen-bond donors (Lipinski definition) is 0. The van der Waals surface area contributed by atoms with Crippen LogP contribution in [0.25, 0.3) is 0 Å². The zero-order chi connectivity index (χ0) is 18.8. The van der Waals surface area contributed by atoms with Crippen LogP contribution in [0.5, 0.6) is 0 Å². The van der Waals surface area contributed by atoms with E-state index in [4.69, 9.17) is 0 Å². The minimum atomic E-state index is -0.393. The Morgan fingerprint density at radius 2 is 1.48 bits per heavy atom. The summed E-state index contributed by atoms with van der Waals surface area (Å²) < 4.78 is 27.3. The molecule has 2 saturated heterocycles. The van der Waals surface area contributed by atoms with Crippen molar-refractivity contribution >= 4 is 11.6 Å². The molecule has 2 aromatic rings. The number of benzene rings is 1. The van der Waals surface area contributed by atoms with Gasteiger partial charge in [-0.3, -0.25) is 4.90 Å². The van der Waals surface area contributed by atoms with Crippen molar-refractivity contribution in [2.45, 2.75) is 26.3 Å². The van der Waals surface area contributed by atoms with Gasteiger partial charge in [-0.1, -0.05) is 0 Å². The summed E-state index contributed by atoms with van der Waals surface area (Å²) in [5, 5.41) is 0. The predicted octanol–water partition coefficient (Wildman–Crippen LogP) is 2.99. The first-order chi connectivity index (χ1) is 13.1. The van der Waals surface area contributed by atoms with Crippen LogP contribution in [0.15, 0.2) is 24.3 Å². The summed E-state index contributed by atoms with van der Waals surface area (Å²) in [7, 11) is 0. The van der Waals surface area contributed by atoms with E-state index in [1.54, 1.807) is 0 Å². The van der Waals surface area contributed by atoms with Crippen LogP contribution in [-0.4, -0.2) is 54.1 Å². The Balaban J connectivity index is 1.41. The molecule has 4 rings (SSSR count). The lowest BCUT2D eigenvalue weighted by molar-refractivity contribution is 0.245. The van der Waals surface area contributed by atoms with Gasteiger partial charge >= 0.3 is 0 Å². The molecule has 0 unspecified atom stereocenters. The minimum absolute atomic E-state index is 0.347. The highest BCUT2D eigenvalue weighted by molar-refractivity contribution is 5.51. The largest absolute Gasteiger partial charge is 0.356 e. The number of halogens is 2. The Morgan fingerprint density at radius 1 is 0.852 bits per heavy atom. The molecule has 1 aromatic heterocycles. The molecule has 0 N–H and O–H groups in total. The molecule has 2 fully saturated rings. The molecule has 0 spiro atoms. The molecule has 2 aliphatic heterocycles. The van der Waals surface area contributed by atoms with Gasteiger partial charge in [0, 0.05) is 57.4 Å². The van der Waals surface area contributed by atoms with Gasteiger partial charge in [-0.15, -0.1) is 0 Å². The van der Waals surface area contributed by atoms with Crippen molar-refractivity contribution in [3.63, 3.8) is 0 Å². The average molecular weight is 373 g/mol. The third-order valence-electron chi connectivity index (χ3n) is 5.34. The van der Waals surface area contributed by atoms with Crippen molar-refractivity contribution in [1.29, 1.82) is 0 Å². The van der Waals surface area contributed by atoms with Crippen molar-refractivity contribution in [1.82, 2.24) is 14.9 Å². The standard InChI is InChI=1S/C20H25F2N5/c1-15-23-19(26-6-2-3-7-26)13-20(24-15)27-10-8-25(9-11-27)14-16-12-17(21)4-5-18(16)22/h4-5,12-13H,2-3,6-11,14H2,1H3. The molecular formula is C20H25F2N5.